The minimum atomic E-state index is 0. The molecule has 2 unspecified atom stereocenters. The predicted molar refractivity (Wildman–Crippen MR) is 67.8 cm³/mol. The third kappa shape index (κ3) is 5.67. The maximum atomic E-state index is 5.90. The first kappa shape index (κ1) is 16.4. The molecule has 0 radical (unpaired) electrons. The molecular weight excluding hydrogens is 410 g/mol. The van der Waals surface area contributed by atoms with E-state index in [-0.39, 0.29) is 21.1 Å². The van der Waals surface area contributed by atoms with E-state index in [2.05, 4.69) is 25.0 Å². The van der Waals surface area contributed by atoms with Crippen LogP contribution in [-0.2, 0) is 36.7 Å². The van der Waals surface area contributed by atoms with Crippen LogP contribution in [0.3, 0.4) is 0 Å². The molecular formula is C11H14O2P2W. The number of hydrogen-bond acceptors (Lipinski definition) is 2. The molecule has 0 aromatic heterocycles. The SMILES string of the molecule is [CH-]=C(CCOP)c1[c-]c(COP)ccc1.[W+2]. The molecule has 1 aromatic carbocycles. The van der Waals surface area contributed by atoms with Crippen molar-refractivity contribution in [2.75, 3.05) is 6.61 Å². The number of benzene rings is 1. The molecule has 86 valence electrons. The second-order valence-corrected chi connectivity index (χ2v) is 3.71. The van der Waals surface area contributed by atoms with Gasteiger partial charge in [0.25, 0.3) is 0 Å². The van der Waals surface area contributed by atoms with Gasteiger partial charge < -0.3 is 21.2 Å². The van der Waals surface area contributed by atoms with Crippen LogP contribution >= 0.6 is 18.9 Å². The van der Waals surface area contributed by atoms with E-state index < -0.39 is 0 Å². The summed E-state index contributed by atoms with van der Waals surface area (Å²) in [5, 5.41) is 0. The van der Waals surface area contributed by atoms with Crippen molar-refractivity contribution >= 4 is 24.5 Å². The Balaban J connectivity index is 0.00000225. The van der Waals surface area contributed by atoms with Crippen LogP contribution in [0.15, 0.2) is 18.2 Å². The zero-order chi connectivity index (χ0) is 11.1. The minimum absolute atomic E-state index is 0. The minimum Gasteiger partial charge on any atom is -0.366 e. The molecule has 0 N–H and O–H groups in total. The van der Waals surface area contributed by atoms with E-state index in [0.717, 1.165) is 16.7 Å². The summed E-state index contributed by atoms with van der Waals surface area (Å²) in [5.41, 5.74) is 2.68. The van der Waals surface area contributed by atoms with Gasteiger partial charge in [0.15, 0.2) is 0 Å². The van der Waals surface area contributed by atoms with Crippen molar-refractivity contribution in [2.24, 2.45) is 0 Å². The maximum Gasteiger partial charge on any atom is 2.00 e. The number of rotatable bonds is 6. The van der Waals surface area contributed by atoms with Gasteiger partial charge in [-0.25, -0.2) is 12.1 Å². The van der Waals surface area contributed by atoms with Crippen LogP contribution in [0.25, 0.3) is 5.57 Å². The van der Waals surface area contributed by atoms with E-state index in [1.165, 1.54) is 0 Å². The quantitative estimate of drug-likeness (QED) is 0.517. The Morgan fingerprint density at radius 1 is 1.31 bits per heavy atom. The van der Waals surface area contributed by atoms with E-state index in [0.29, 0.717) is 19.6 Å². The van der Waals surface area contributed by atoms with E-state index in [1.54, 1.807) is 0 Å². The fourth-order valence-corrected chi connectivity index (χ4v) is 1.48. The Morgan fingerprint density at radius 2 is 2.06 bits per heavy atom. The Kier molecular flexibility index (Phi) is 9.71. The molecule has 5 heteroatoms. The van der Waals surface area contributed by atoms with Gasteiger partial charge in [0.05, 0.1) is 6.61 Å². The van der Waals surface area contributed by atoms with Crippen LogP contribution < -0.4 is 0 Å². The van der Waals surface area contributed by atoms with Gasteiger partial charge in [-0.3, -0.25) is 5.57 Å². The molecule has 0 aliphatic rings. The Hall–Kier alpha value is 0.428. The second kappa shape index (κ2) is 9.46. The molecule has 0 saturated carbocycles. The average molecular weight is 424 g/mol. The summed E-state index contributed by atoms with van der Waals surface area (Å²) < 4.78 is 9.84. The molecule has 0 aliphatic carbocycles. The molecule has 16 heavy (non-hydrogen) atoms. The van der Waals surface area contributed by atoms with Gasteiger partial charge in [-0.15, -0.1) is 11.6 Å². The van der Waals surface area contributed by atoms with Crippen LogP contribution in [0, 0.1) is 12.6 Å². The molecule has 0 heterocycles. The first-order chi connectivity index (χ1) is 7.27. The summed E-state index contributed by atoms with van der Waals surface area (Å²) in [7, 11) is 4.42. The summed E-state index contributed by atoms with van der Waals surface area (Å²) in [6, 6.07) is 9.02. The molecule has 1 aromatic rings. The second-order valence-electron chi connectivity index (χ2n) is 3.05. The monoisotopic (exact) mass is 424 g/mol. The van der Waals surface area contributed by atoms with Crippen molar-refractivity contribution in [2.45, 2.75) is 13.0 Å². The smallest absolute Gasteiger partial charge is 0.366 e. The Bertz CT molecular complexity index is 332. The first-order valence-corrected chi connectivity index (χ1v) is 5.48. The topological polar surface area (TPSA) is 18.5 Å². The predicted octanol–water partition coefficient (Wildman–Crippen LogP) is 2.80. The fourth-order valence-electron chi connectivity index (χ4n) is 1.18. The van der Waals surface area contributed by atoms with Gasteiger partial charge >= 0.3 is 21.1 Å². The molecule has 0 spiro atoms. The average Bonchev–Trinajstić information content (AvgIpc) is 2.27. The zero-order valence-corrected chi connectivity index (χ0v) is 14.1. The molecule has 0 amide bonds. The summed E-state index contributed by atoms with van der Waals surface area (Å²) in [5.74, 6) is 0. The molecule has 1 rings (SSSR count). The van der Waals surface area contributed by atoms with Crippen molar-refractivity contribution in [3.8, 4) is 0 Å². The van der Waals surface area contributed by atoms with E-state index in [4.69, 9.17) is 15.6 Å². The molecule has 0 aliphatic heterocycles. The van der Waals surface area contributed by atoms with Gasteiger partial charge in [-0.05, 0) is 0 Å². The van der Waals surface area contributed by atoms with Gasteiger partial charge in [-0.2, -0.15) is 6.07 Å². The van der Waals surface area contributed by atoms with Crippen LogP contribution in [0.2, 0.25) is 0 Å². The van der Waals surface area contributed by atoms with Crippen LogP contribution in [0.1, 0.15) is 17.5 Å². The summed E-state index contributed by atoms with van der Waals surface area (Å²) in [4.78, 5) is 0. The zero-order valence-electron chi connectivity index (χ0n) is 8.81. The largest absolute Gasteiger partial charge is 2.00 e. The van der Waals surface area contributed by atoms with Gasteiger partial charge in [0.1, 0.15) is 0 Å². The normalized spacial score (nSPS) is 9.62. The molecule has 2 atom stereocenters. The first-order valence-electron chi connectivity index (χ1n) is 4.54. The van der Waals surface area contributed by atoms with E-state index in [1.807, 2.05) is 18.2 Å². The van der Waals surface area contributed by atoms with E-state index >= 15 is 0 Å². The van der Waals surface area contributed by atoms with Crippen molar-refractivity contribution in [3.05, 3.63) is 42.0 Å². The Labute approximate surface area is 116 Å². The maximum absolute atomic E-state index is 5.90. The molecule has 2 nitrogen and oxygen atoms in total. The molecule has 0 saturated heterocycles. The van der Waals surface area contributed by atoms with Crippen molar-refractivity contribution in [1.29, 1.82) is 0 Å². The van der Waals surface area contributed by atoms with Crippen molar-refractivity contribution < 1.29 is 30.1 Å². The Morgan fingerprint density at radius 3 is 2.69 bits per heavy atom. The summed E-state index contributed by atoms with van der Waals surface area (Å²) in [6.45, 7) is 7.01. The van der Waals surface area contributed by atoms with Crippen LogP contribution in [0.4, 0.5) is 0 Å². The van der Waals surface area contributed by atoms with Gasteiger partial charge in [0.2, 0.25) is 0 Å². The van der Waals surface area contributed by atoms with Gasteiger partial charge in [-0.1, -0.05) is 6.42 Å². The molecule has 0 bridgehead atoms. The van der Waals surface area contributed by atoms with Crippen LogP contribution in [0.5, 0.6) is 0 Å². The van der Waals surface area contributed by atoms with Gasteiger partial charge in [0, 0.05) is 25.5 Å². The standard InChI is InChI=1S/C11H14O2P2.W/c1-9(5-6-12-14)11-4-2-3-10(7-11)8-13-15;/h1-4H,5-6,8,14-15H2;/q-2;+2. The molecule has 0 fully saturated rings. The summed E-state index contributed by atoms with van der Waals surface area (Å²) >= 11 is 0. The summed E-state index contributed by atoms with van der Waals surface area (Å²) in [6.07, 6.45) is 0.700. The fraction of sp³-hybridized carbons (Fsp3) is 0.273. The van der Waals surface area contributed by atoms with Crippen molar-refractivity contribution in [3.63, 3.8) is 0 Å². The third-order valence-electron chi connectivity index (χ3n) is 1.93. The third-order valence-corrected chi connectivity index (χ3v) is 2.33. The number of hydrogen-bond donors (Lipinski definition) is 0. The van der Waals surface area contributed by atoms with E-state index in [9.17, 15) is 0 Å². The van der Waals surface area contributed by atoms with Crippen molar-refractivity contribution in [1.82, 2.24) is 0 Å². The van der Waals surface area contributed by atoms with Crippen LogP contribution in [-0.4, -0.2) is 6.61 Å².